The molecule has 0 aromatic carbocycles. The van der Waals surface area contributed by atoms with Gasteiger partial charge in [0.05, 0.1) is 10.7 Å². The van der Waals surface area contributed by atoms with Crippen LogP contribution in [0.25, 0.3) is 0 Å². The van der Waals surface area contributed by atoms with E-state index in [1.807, 2.05) is 29.8 Å². The van der Waals surface area contributed by atoms with Gasteiger partial charge in [-0.15, -0.1) is 11.3 Å². The maximum atomic E-state index is 4.56. The van der Waals surface area contributed by atoms with Crippen molar-refractivity contribution in [2.24, 2.45) is 0 Å². The highest BCUT2D eigenvalue weighted by Gasteiger charge is 2.23. The zero-order valence-electron chi connectivity index (χ0n) is 11.2. The van der Waals surface area contributed by atoms with Gasteiger partial charge >= 0.3 is 0 Å². The smallest absolute Gasteiger partial charge is 0.0971 e. The van der Waals surface area contributed by atoms with Crippen LogP contribution in [0, 0.1) is 6.92 Å². The highest BCUT2D eigenvalue weighted by atomic mass is 32.1. The molecule has 3 nitrogen and oxygen atoms in total. The first-order chi connectivity index (χ1) is 9.31. The van der Waals surface area contributed by atoms with E-state index in [1.54, 1.807) is 0 Å². The summed E-state index contributed by atoms with van der Waals surface area (Å²) >= 11 is 1.85. The van der Waals surface area contributed by atoms with Crippen molar-refractivity contribution >= 4 is 11.3 Å². The molecule has 2 aromatic heterocycles. The van der Waals surface area contributed by atoms with Crippen molar-refractivity contribution in [1.29, 1.82) is 0 Å². The second kappa shape index (κ2) is 5.80. The number of pyridine rings is 1. The zero-order valence-corrected chi connectivity index (χ0v) is 12.1. The van der Waals surface area contributed by atoms with Gasteiger partial charge in [0.2, 0.25) is 0 Å². The van der Waals surface area contributed by atoms with Gasteiger partial charge in [-0.05, 0) is 38.4 Å². The third-order valence-corrected chi connectivity index (χ3v) is 4.68. The summed E-state index contributed by atoms with van der Waals surface area (Å²) in [7, 11) is 0. The lowest BCUT2D eigenvalue weighted by molar-refractivity contribution is 0.198. The Morgan fingerprint density at radius 2 is 2.32 bits per heavy atom. The van der Waals surface area contributed by atoms with Crippen molar-refractivity contribution in [2.45, 2.75) is 32.2 Å². The fourth-order valence-corrected chi connectivity index (χ4v) is 3.58. The summed E-state index contributed by atoms with van der Waals surface area (Å²) in [5, 5.41) is 1.31. The minimum atomic E-state index is 0.608. The van der Waals surface area contributed by atoms with Crippen LogP contribution in [0.4, 0.5) is 0 Å². The lowest BCUT2D eigenvalue weighted by Gasteiger charge is -2.31. The summed E-state index contributed by atoms with van der Waals surface area (Å²) in [6, 6.07) is 6.14. The zero-order chi connectivity index (χ0) is 13.1. The number of rotatable bonds is 3. The molecule has 0 bridgehead atoms. The Morgan fingerprint density at radius 1 is 1.37 bits per heavy atom. The largest absolute Gasteiger partial charge is 0.297 e. The molecule has 0 amide bonds. The summed E-state index contributed by atoms with van der Waals surface area (Å²) in [6.07, 6.45) is 6.40. The lowest BCUT2D eigenvalue weighted by atomic mass is 9.98. The minimum absolute atomic E-state index is 0.608. The van der Waals surface area contributed by atoms with Crippen LogP contribution in [0.1, 0.15) is 34.3 Å². The SMILES string of the molecule is Cc1cnc([C@@H]2CCCN(Cc3ccccn3)C2)s1. The van der Waals surface area contributed by atoms with Gasteiger partial charge < -0.3 is 0 Å². The molecule has 0 radical (unpaired) electrons. The van der Waals surface area contributed by atoms with Crippen LogP contribution >= 0.6 is 11.3 Å². The number of aromatic nitrogens is 2. The molecule has 0 unspecified atom stereocenters. The summed E-state index contributed by atoms with van der Waals surface area (Å²) in [5.41, 5.74) is 1.17. The van der Waals surface area contributed by atoms with Crippen molar-refractivity contribution in [3.05, 3.63) is 46.2 Å². The van der Waals surface area contributed by atoms with Crippen molar-refractivity contribution in [3.8, 4) is 0 Å². The van der Waals surface area contributed by atoms with E-state index in [4.69, 9.17) is 0 Å². The molecule has 3 rings (SSSR count). The number of thiazole rings is 1. The van der Waals surface area contributed by atoms with Gasteiger partial charge in [0.1, 0.15) is 0 Å². The van der Waals surface area contributed by atoms with Crippen LogP contribution in [0.2, 0.25) is 0 Å². The molecule has 1 aliphatic heterocycles. The Hall–Kier alpha value is -1.26. The van der Waals surface area contributed by atoms with Crippen LogP contribution < -0.4 is 0 Å². The maximum absolute atomic E-state index is 4.56. The van der Waals surface area contributed by atoms with Gasteiger partial charge in [-0.25, -0.2) is 4.98 Å². The second-order valence-corrected chi connectivity index (χ2v) is 6.47. The maximum Gasteiger partial charge on any atom is 0.0971 e. The average Bonchev–Trinajstić information content (AvgIpc) is 2.87. The summed E-state index contributed by atoms with van der Waals surface area (Å²) < 4.78 is 0. The summed E-state index contributed by atoms with van der Waals surface area (Å²) in [6.45, 7) is 5.39. The van der Waals surface area contributed by atoms with Crippen molar-refractivity contribution in [3.63, 3.8) is 0 Å². The average molecular weight is 273 g/mol. The molecule has 0 saturated carbocycles. The summed E-state index contributed by atoms with van der Waals surface area (Å²) in [4.78, 5) is 12.8. The molecule has 1 fully saturated rings. The first kappa shape index (κ1) is 12.8. The van der Waals surface area contributed by atoms with E-state index in [9.17, 15) is 0 Å². The highest BCUT2D eigenvalue weighted by molar-refractivity contribution is 7.11. The Kier molecular flexibility index (Phi) is 3.89. The molecule has 1 atom stereocenters. The molecule has 2 aromatic rings. The Balaban J connectivity index is 1.65. The molecule has 0 N–H and O–H groups in total. The Morgan fingerprint density at radius 3 is 3.05 bits per heavy atom. The molecule has 1 saturated heterocycles. The van der Waals surface area contributed by atoms with Crippen LogP contribution in [-0.4, -0.2) is 28.0 Å². The first-order valence-corrected chi connectivity index (χ1v) is 7.67. The van der Waals surface area contributed by atoms with E-state index in [0.29, 0.717) is 5.92 Å². The molecule has 19 heavy (non-hydrogen) atoms. The van der Waals surface area contributed by atoms with Crippen molar-refractivity contribution < 1.29 is 0 Å². The van der Waals surface area contributed by atoms with Gasteiger partial charge in [0.15, 0.2) is 0 Å². The molecule has 3 heterocycles. The molecule has 100 valence electrons. The topological polar surface area (TPSA) is 29.0 Å². The molecule has 1 aliphatic rings. The molecule has 0 spiro atoms. The summed E-state index contributed by atoms with van der Waals surface area (Å²) in [5.74, 6) is 0.608. The normalized spacial score (nSPS) is 20.6. The van der Waals surface area contributed by atoms with Gasteiger partial charge in [-0.2, -0.15) is 0 Å². The van der Waals surface area contributed by atoms with E-state index >= 15 is 0 Å². The molecular formula is C15H19N3S. The van der Waals surface area contributed by atoms with Crippen LogP contribution in [0.5, 0.6) is 0 Å². The molecule has 4 heteroatoms. The fourth-order valence-electron chi connectivity index (χ4n) is 2.68. The predicted octanol–water partition coefficient (Wildman–Crippen LogP) is 3.23. The predicted molar refractivity (Wildman–Crippen MR) is 78.3 cm³/mol. The van der Waals surface area contributed by atoms with E-state index in [2.05, 4.69) is 33.9 Å². The number of nitrogens with zero attached hydrogens (tertiary/aromatic N) is 3. The third kappa shape index (κ3) is 3.19. The van der Waals surface area contributed by atoms with Gasteiger partial charge in [0, 0.05) is 36.3 Å². The standard InChI is InChI=1S/C15H19N3S/c1-12-9-17-15(19-12)13-5-4-8-18(10-13)11-14-6-2-3-7-16-14/h2-3,6-7,9,13H,4-5,8,10-11H2,1H3/t13-/m1/s1. The molecular weight excluding hydrogens is 254 g/mol. The number of piperidine rings is 1. The third-order valence-electron chi connectivity index (χ3n) is 3.61. The highest BCUT2D eigenvalue weighted by Crippen LogP contribution is 2.30. The van der Waals surface area contributed by atoms with E-state index < -0.39 is 0 Å². The van der Waals surface area contributed by atoms with Gasteiger partial charge in [0.25, 0.3) is 0 Å². The number of likely N-dealkylation sites (tertiary alicyclic amines) is 1. The van der Waals surface area contributed by atoms with Crippen molar-refractivity contribution in [2.75, 3.05) is 13.1 Å². The fraction of sp³-hybridized carbons (Fsp3) is 0.467. The van der Waals surface area contributed by atoms with Crippen LogP contribution in [0.3, 0.4) is 0 Å². The van der Waals surface area contributed by atoms with Gasteiger partial charge in [-0.3, -0.25) is 9.88 Å². The number of hydrogen-bond acceptors (Lipinski definition) is 4. The quantitative estimate of drug-likeness (QED) is 0.859. The Labute approximate surface area is 118 Å². The van der Waals surface area contributed by atoms with Crippen LogP contribution in [0.15, 0.2) is 30.6 Å². The second-order valence-electron chi connectivity index (χ2n) is 5.20. The number of hydrogen-bond donors (Lipinski definition) is 0. The van der Waals surface area contributed by atoms with E-state index in [-0.39, 0.29) is 0 Å². The molecule has 0 aliphatic carbocycles. The van der Waals surface area contributed by atoms with Gasteiger partial charge in [-0.1, -0.05) is 6.07 Å². The Bertz CT molecular complexity index is 523. The lowest BCUT2D eigenvalue weighted by Crippen LogP contribution is -2.34. The van der Waals surface area contributed by atoms with E-state index in [0.717, 1.165) is 13.1 Å². The van der Waals surface area contributed by atoms with Crippen LogP contribution in [-0.2, 0) is 6.54 Å². The monoisotopic (exact) mass is 273 g/mol. The van der Waals surface area contributed by atoms with Crippen molar-refractivity contribution in [1.82, 2.24) is 14.9 Å². The number of aryl methyl sites for hydroxylation is 1. The minimum Gasteiger partial charge on any atom is -0.297 e. The van der Waals surface area contributed by atoms with E-state index in [1.165, 1.54) is 35.0 Å². The first-order valence-electron chi connectivity index (χ1n) is 6.86.